The Bertz CT molecular complexity index is 224. The highest BCUT2D eigenvalue weighted by molar-refractivity contribution is 5.77. The summed E-state index contributed by atoms with van der Waals surface area (Å²) in [6.45, 7) is 3.56. The Balaban J connectivity index is 4.16. The van der Waals surface area contributed by atoms with E-state index in [0.29, 0.717) is 12.6 Å². The number of ether oxygens (including phenoxy) is 1. The Hall–Kier alpha value is -0.690. The average Bonchev–Trinajstić information content (AvgIpc) is 2.31. The molecule has 0 bridgehead atoms. The van der Waals surface area contributed by atoms with Crippen LogP contribution in [0.2, 0.25) is 0 Å². The van der Waals surface area contributed by atoms with E-state index in [1.165, 1.54) is 7.11 Å². The van der Waals surface area contributed by atoms with Crippen molar-refractivity contribution in [3.8, 4) is 0 Å². The van der Waals surface area contributed by atoms with Crippen molar-refractivity contribution in [3.05, 3.63) is 0 Å². The highest BCUT2D eigenvalue weighted by Crippen LogP contribution is 1.97. The summed E-state index contributed by atoms with van der Waals surface area (Å²) in [6.07, 6.45) is 0. The molecule has 0 unspecified atom stereocenters. The van der Waals surface area contributed by atoms with E-state index in [1.807, 2.05) is 21.1 Å². The molecule has 0 saturated heterocycles. The fourth-order valence-corrected chi connectivity index (χ4v) is 1.67. The first-order valence-electron chi connectivity index (χ1n) is 6.26. The lowest BCUT2D eigenvalue weighted by Gasteiger charge is -2.30. The Kier molecular flexibility index (Phi) is 9.86. The van der Waals surface area contributed by atoms with Gasteiger partial charge >= 0.3 is 0 Å². The van der Waals surface area contributed by atoms with Crippen LogP contribution in [0.15, 0.2) is 0 Å². The number of likely N-dealkylation sites (N-methyl/N-ethyl adjacent to an activating group) is 3. The lowest BCUT2D eigenvalue weighted by Crippen LogP contribution is -2.49. The third-order valence-corrected chi connectivity index (χ3v) is 2.72. The van der Waals surface area contributed by atoms with E-state index in [2.05, 4.69) is 27.5 Å². The van der Waals surface area contributed by atoms with Gasteiger partial charge in [-0.25, -0.2) is 0 Å². The van der Waals surface area contributed by atoms with E-state index < -0.39 is 0 Å². The highest BCUT2D eigenvalue weighted by atomic mass is 16.5. The van der Waals surface area contributed by atoms with Crippen LogP contribution >= 0.6 is 0 Å². The van der Waals surface area contributed by atoms with E-state index >= 15 is 0 Å². The molecule has 0 aromatic heterocycles. The zero-order chi connectivity index (χ0) is 14.0. The molecule has 0 heterocycles. The molecule has 0 aliphatic carbocycles. The Morgan fingerprint density at radius 3 is 2.50 bits per heavy atom. The van der Waals surface area contributed by atoms with Crippen molar-refractivity contribution in [1.29, 1.82) is 0 Å². The van der Waals surface area contributed by atoms with Crippen molar-refractivity contribution in [2.75, 3.05) is 68.1 Å². The number of hydrogen-bond acceptors (Lipinski definition) is 5. The second-order valence-corrected chi connectivity index (χ2v) is 4.74. The zero-order valence-corrected chi connectivity index (χ0v) is 12.3. The fraction of sp³-hybridized carbons (Fsp3) is 0.917. The minimum absolute atomic E-state index is 0.0664. The minimum Gasteiger partial charge on any atom is -0.375 e. The zero-order valence-electron chi connectivity index (χ0n) is 12.3. The molecule has 0 aromatic carbocycles. The van der Waals surface area contributed by atoms with Crippen LogP contribution in [0, 0.1) is 0 Å². The second-order valence-electron chi connectivity index (χ2n) is 4.74. The first-order chi connectivity index (χ1) is 8.51. The maximum atomic E-state index is 11.4. The normalized spacial score (nSPS) is 13.1. The number of carbonyl (C=O) groups excluding carboxylic acids is 1. The van der Waals surface area contributed by atoms with Gasteiger partial charge in [-0.15, -0.1) is 0 Å². The molecule has 0 saturated carbocycles. The monoisotopic (exact) mass is 260 g/mol. The van der Waals surface area contributed by atoms with Crippen LogP contribution in [-0.2, 0) is 9.53 Å². The van der Waals surface area contributed by atoms with Crippen molar-refractivity contribution in [3.63, 3.8) is 0 Å². The van der Waals surface area contributed by atoms with Gasteiger partial charge in [-0.05, 0) is 28.2 Å². The minimum atomic E-state index is -0.0664. The third-order valence-electron chi connectivity index (χ3n) is 2.72. The van der Waals surface area contributed by atoms with Gasteiger partial charge in [0.1, 0.15) is 6.61 Å². The molecule has 6 nitrogen and oxygen atoms in total. The van der Waals surface area contributed by atoms with Crippen LogP contribution in [0.4, 0.5) is 0 Å². The molecular weight excluding hydrogens is 232 g/mol. The van der Waals surface area contributed by atoms with Gasteiger partial charge in [0.25, 0.3) is 0 Å². The van der Waals surface area contributed by atoms with Gasteiger partial charge in [0, 0.05) is 39.3 Å². The van der Waals surface area contributed by atoms with Crippen molar-refractivity contribution in [1.82, 2.24) is 20.4 Å². The van der Waals surface area contributed by atoms with E-state index in [4.69, 9.17) is 4.74 Å². The Morgan fingerprint density at radius 2 is 2.00 bits per heavy atom. The number of methoxy groups -OCH3 is 1. The quantitative estimate of drug-likeness (QED) is 0.518. The summed E-state index contributed by atoms with van der Waals surface area (Å²) >= 11 is 0. The number of nitrogens with zero attached hydrogens (tertiary/aromatic N) is 2. The van der Waals surface area contributed by atoms with E-state index in [-0.39, 0.29) is 12.5 Å². The smallest absolute Gasteiger partial charge is 0.246 e. The molecule has 1 amide bonds. The van der Waals surface area contributed by atoms with E-state index in [0.717, 1.165) is 19.6 Å². The molecule has 1 atom stereocenters. The standard InChI is InChI=1S/C12H28N4O2/c1-13-6-7-16(4)11(9-15(2)3)8-14-12(17)10-18-5/h11,13H,6-10H2,1-5H3,(H,14,17)/t11-/m1/s1. The summed E-state index contributed by atoms with van der Waals surface area (Å²) in [7, 11) is 9.62. The maximum absolute atomic E-state index is 11.4. The van der Waals surface area contributed by atoms with Crippen LogP contribution in [0.5, 0.6) is 0 Å². The SMILES string of the molecule is CNCCN(C)[C@H](CNC(=O)COC)CN(C)C. The fourth-order valence-electron chi connectivity index (χ4n) is 1.67. The highest BCUT2D eigenvalue weighted by Gasteiger charge is 2.16. The topological polar surface area (TPSA) is 56.8 Å². The molecule has 0 radical (unpaired) electrons. The van der Waals surface area contributed by atoms with Gasteiger partial charge in [-0.1, -0.05) is 0 Å². The average molecular weight is 260 g/mol. The lowest BCUT2D eigenvalue weighted by molar-refractivity contribution is -0.125. The van der Waals surface area contributed by atoms with Crippen LogP contribution < -0.4 is 10.6 Å². The largest absolute Gasteiger partial charge is 0.375 e. The van der Waals surface area contributed by atoms with Gasteiger partial charge in [0.05, 0.1) is 0 Å². The lowest BCUT2D eigenvalue weighted by atomic mass is 10.2. The number of amides is 1. The summed E-state index contributed by atoms with van der Waals surface area (Å²) in [6, 6.07) is 0.300. The van der Waals surface area contributed by atoms with E-state index in [9.17, 15) is 4.79 Å². The summed E-state index contributed by atoms with van der Waals surface area (Å²) in [5, 5.41) is 6.02. The summed E-state index contributed by atoms with van der Waals surface area (Å²) in [5.74, 6) is -0.0664. The van der Waals surface area contributed by atoms with Crippen molar-refractivity contribution in [2.45, 2.75) is 6.04 Å². The number of carbonyl (C=O) groups is 1. The Labute approximate surface area is 111 Å². The van der Waals surface area contributed by atoms with Crippen molar-refractivity contribution < 1.29 is 9.53 Å². The van der Waals surface area contributed by atoms with E-state index in [1.54, 1.807) is 0 Å². The molecular formula is C12H28N4O2. The Morgan fingerprint density at radius 1 is 1.33 bits per heavy atom. The van der Waals surface area contributed by atoms with Crippen molar-refractivity contribution in [2.24, 2.45) is 0 Å². The van der Waals surface area contributed by atoms with Crippen LogP contribution in [0.25, 0.3) is 0 Å². The second kappa shape index (κ2) is 10.3. The molecule has 18 heavy (non-hydrogen) atoms. The third kappa shape index (κ3) is 8.41. The molecule has 0 fully saturated rings. The molecule has 0 spiro atoms. The first kappa shape index (κ1) is 17.3. The molecule has 6 heteroatoms. The predicted octanol–water partition coefficient (Wildman–Crippen LogP) is -1.17. The summed E-state index contributed by atoms with van der Waals surface area (Å²) in [4.78, 5) is 15.8. The number of rotatable bonds is 10. The summed E-state index contributed by atoms with van der Waals surface area (Å²) in [5.41, 5.74) is 0. The van der Waals surface area contributed by atoms with Crippen LogP contribution in [0.1, 0.15) is 0 Å². The summed E-state index contributed by atoms with van der Waals surface area (Å²) < 4.78 is 4.80. The van der Waals surface area contributed by atoms with Gasteiger partial charge < -0.3 is 20.3 Å². The van der Waals surface area contributed by atoms with Gasteiger partial charge in [0.15, 0.2) is 0 Å². The molecule has 0 aliphatic heterocycles. The molecule has 0 aromatic rings. The molecule has 0 rings (SSSR count). The van der Waals surface area contributed by atoms with Crippen LogP contribution in [0.3, 0.4) is 0 Å². The number of hydrogen-bond donors (Lipinski definition) is 2. The molecule has 2 N–H and O–H groups in total. The molecule has 108 valence electrons. The molecule has 0 aliphatic rings. The maximum Gasteiger partial charge on any atom is 0.246 e. The predicted molar refractivity (Wildman–Crippen MR) is 73.8 cm³/mol. The van der Waals surface area contributed by atoms with Gasteiger partial charge in [-0.2, -0.15) is 0 Å². The van der Waals surface area contributed by atoms with Crippen molar-refractivity contribution >= 4 is 5.91 Å². The van der Waals surface area contributed by atoms with Gasteiger partial charge in [0.2, 0.25) is 5.91 Å². The van der Waals surface area contributed by atoms with Gasteiger partial charge in [-0.3, -0.25) is 9.69 Å². The number of nitrogens with one attached hydrogen (secondary N) is 2. The van der Waals surface area contributed by atoms with Crippen LogP contribution in [-0.4, -0.2) is 89.8 Å². The first-order valence-corrected chi connectivity index (χ1v) is 6.26.